The van der Waals surface area contributed by atoms with Gasteiger partial charge < -0.3 is 45.1 Å². The van der Waals surface area contributed by atoms with Crippen LogP contribution in [0, 0.1) is 0 Å². The number of carbonyl (C=O) groups excluding carboxylic acids is 2. The first-order chi connectivity index (χ1) is 32.7. The monoisotopic (exact) mass is 948 g/mol. The van der Waals surface area contributed by atoms with Crippen LogP contribution in [0.2, 0.25) is 0 Å². The molecular formula is C56H101NO10. The summed E-state index contributed by atoms with van der Waals surface area (Å²) in [5, 5.41) is 56.6. The Morgan fingerprint density at radius 2 is 1.04 bits per heavy atom. The smallest absolute Gasteiger partial charge is 0.306 e. The van der Waals surface area contributed by atoms with Crippen LogP contribution >= 0.6 is 0 Å². The van der Waals surface area contributed by atoms with E-state index in [1.54, 1.807) is 6.08 Å². The first-order valence-corrected chi connectivity index (χ1v) is 27.4. The van der Waals surface area contributed by atoms with Crippen molar-refractivity contribution < 1.29 is 49.3 Å². The lowest BCUT2D eigenvalue weighted by atomic mass is 9.99. The number of unbranched alkanes of at least 4 members (excludes halogenated alkanes) is 26. The summed E-state index contributed by atoms with van der Waals surface area (Å²) in [6, 6.07) is -1.03. The quantitative estimate of drug-likeness (QED) is 0.0149. The van der Waals surface area contributed by atoms with E-state index in [2.05, 4.69) is 62.5 Å². The maximum absolute atomic E-state index is 13.3. The molecule has 0 radical (unpaired) electrons. The summed E-state index contributed by atoms with van der Waals surface area (Å²) in [5.41, 5.74) is 0. The Morgan fingerprint density at radius 1 is 0.582 bits per heavy atom. The molecule has 0 saturated carbocycles. The second-order valence-corrected chi connectivity index (χ2v) is 19.0. The molecule has 0 aromatic carbocycles. The van der Waals surface area contributed by atoms with Crippen molar-refractivity contribution in [1.29, 1.82) is 0 Å². The van der Waals surface area contributed by atoms with Crippen molar-refractivity contribution in [3.63, 3.8) is 0 Å². The van der Waals surface area contributed by atoms with Gasteiger partial charge in [0.2, 0.25) is 5.91 Å². The topological polar surface area (TPSA) is 175 Å². The van der Waals surface area contributed by atoms with E-state index >= 15 is 0 Å². The van der Waals surface area contributed by atoms with Crippen LogP contribution in [0.1, 0.15) is 233 Å². The fourth-order valence-electron chi connectivity index (χ4n) is 8.27. The van der Waals surface area contributed by atoms with Gasteiger partial charge in [0, 0.05) is 6.42 Å². The van der Waals surface area contributed by atoms with E-state index < -0.39 is 67.4 Å². The molecule has 8 atom stereocenters. The number of allylic oxidation sites excluding steroid dienone is 7. The largest absolute Gasteiger partial charge is 0.454 e. The van der Waals surface area contributed by atoms with E-state index in [0.29, 0.717) is 12.8 Å². The van der Waals surface area contributed by atoms with Crippen molar-refractivity contribution in [2.45, 2.75) is 282 Å². The number of esters is 1. The van der Waals surface area contributed by atoms with Crippen LogP contribution in [0.25, 0.3) is 0 Å². The number of amides is 1. The van der Waals surface area contributed by atoms with Gasteiger partial charge in [-0.1, -0.05) is 204 Å². The first-order valence-electron chi connectivity index (χ1n) is 27.4. The zero-order valence-corrected chi connectivity index (χ0v) is 42.8. The van der Waals surface area contributed by atoms with Gasteiger partial charge in [0.05, 0.1) is 25.4 Å². The van der Waals surface area contributed by atoms with Gasteiger partial charge in [0.15, 0.2) is 12.4 Å². The van der Waals surface area contributed by atoms with E-state index in [-0.39, 0.29) is 19.4 Å². The van der Waals surface area contributed by atoms with Crippen molar-refractivity contribution in [3.05, 3.63) is 48.6 Å². The van der Waals surface area contributed by atoms with Crippen molar-refractivity contribution >= 4 is 11.9 Å². The number of aliphatic hydroxyl groups is 5. The third-order valence-electron chi connectivity index (χ3n) is 12.7. The van der Waals surface area contributed by atoms with E-state index in [1.807, 2.05) is 6.08 Å². The molecule has 1 aliphatic rings. The Kier molecular flexibility index (Phi) is 41.9. The van der Waals surface area contributed by atoms with Crippen molar-refractivity contribution in [2.24, 2.45) is 0 Å². The summed E-state index contributed by atoms with van der Waals surface area (Å²) in [5.74, 6) is -1.22. The molecule has 1 heterocycles. The number of hydrogen-bond acceptors (Lipinski definition) is 10. The van der Waals surface area contributed by atoms with E-state index in [0.717, 1.165) is 96.3 Å². The molecule has 1 aliphatic heterocycles. The zero-order chi connectivity index (χ0) is 49.0. The van der Waals surface area contributed by atoms with Crippen molar-refractivity contribution in [2.75, 3.05) is 13.2 Å². The van der Waals surface area contributed by atoms with Crippen LogP contribution in [0.15, 0.2) is 48.6 Å². The van der Waals surface area contributed by atoms with Gasteiger partial charge in [-0.2, -0.15) is 0 Å². The second kappa shape index (κ2) is 44.8. The Labute approximate surface area is 408 Å². The Bertz CT molecular complexity index is 1270. The fourth-order valence-corrected chi connectivity index (χ4v) is 8.27. The van der Waals surface area contributed by atoms with Gasteiger partial charge >= 0.3 is 5.97 Å². The third-order valence-corrected chi connectivity index (χ3v) is 12.7. The molecule has 11 heteroatoms. The summed E-state index contributed by atoms with van der Waals surface area (Å²) in [6.45, 7) is 5.68. The number of nitrogens with one attached hydrogen (secondary N) is 1. The third kappa shape index (κ3) is 33.7. The van der Waals surface area contributed by atoms with Crippen LogP contribution in [0.5, 0.6) is 0 Å². The van der Waals surface area contributed by atoms with E-state index in [9.17, 15) is 35.1 Å². The highest BCUT2D eigenvalue weighted by molar-refractivity contribution is 5.80. The molecule has 0 aliphatic carbocycles. The molecule has 8 unspecified atom stereocenters. The molecule has 0 aromatic heterocycles. The maximum atomic E-state index is 13.3. The summed E-state index contributed by atoms with van der Waals surface area (Å²) in [4.78, 5) is 26.3. The van der Waals surface area contributed by atoms with Crippen LogP contribution < -0.4 is 5.32 Å². The highest BCUT2D eigenvalue weighted by Gasteiger charge is 2.47. The second-order valence-electron chi connectivity index (χ2n) is 19.0. The van der Waals surface area contributed by atoms with Crippen LogP contribution in [0.4, 0.5) is 0 Å². The van der Waals surface area contributed by atoms with Gasteiger partial charge in [-0.15, -0.1) is 0 Å². The lowest BCUT2D eigenvalue weighted by Gasteiger charge is -2.41. The average molecular weight is 948 g/mol. The highest BCUT2D eigenvalue weighted by atomic mass is 16.7. The Balaban J connectivity index is 2.79. The van der Waals surface area contributed by atoms with Gasteiger partial charge in [-0.05, 0) is 70.6 Å². The molecule has 1 fully saturated rings. The molecule has 1 rings (SSSR count). The van der Waals surface area contributed by atoms with Gasteiger partial charge in [-0.25, -0.2) is 0 Å². The summed E-state index contributed by atoms with van der Waals surface area (Å²) in [6.07, 6.45) is 41.6. The first kappa shape index (κ1) is 62.6. The predicted molar refractivity (Wildman–Crippen MR) is 273 cm³/mol. The van der Waals surface area contributed by atoms with Gasteiger partial charge in [0.25, 0.3) is 0 Å². The van der Waals surface area contributed by atoms with Gasteiger partial charge in [-0.3, -0.25) is 9.59 Å². The highest BCUT2D eigenvalue weighted by Crippen LogP contribution is 2.26. The standard InChI is InChI=1S/C56H101NO10/c1-4-7-10-13-16-19-22-24-26-29-31-34-37-40-43-49(60)55(64)57-47(48(59)42-39-36-33-30-28-25-23-20-17-14-11-8-5-2)46-65-56-54(53(63)52(62)50(45-58)66-56)67-51(61)44-41-38-35-32-27-21-18-15-12-9-6-3/h15-16,18-19,22,24,39,42,47-50,52-54,56,58-60,62-63H,4-14,17,20-21,23,25-38,40-41,43-46H2,1-3H3,(H,57,64)/b18-15-,19-16+,24-22+,42-39+. The number of aliphatic hydroxyl groups excluding tert-OH is 5. The molecule has 1 amide bonds. The molecule has 0 spiro atoms. The van der Waals surface area contributed by atoms with Crippen LogP contribution in [-0.4, -0.2) is 99.6 Å². The van der Waals surface area contributed by atoms with E-state index in [1.165, 1.54) is 89.9 Å². The number of ether oxygens (including phenoxy) is 3. The maximum Gasteiger partial charge on any atom is 0.306 e. The molecular weight excluding hydrogens is 847 g/mol. The average Bonchev–Trinajstić information content (AvgIpc) is 3.32. The number of rotatable bonds is 45. The molecule has 11 nitrogen and oxygen atoms in total. The molecule has 0 bridgehead atoms. The van der Waals surface area contributed by atoms with E-state index in [4.69, 9.17) is 14.2 Å². The summed E-state index contributed by atoms with van der Waals surface area (Å²) in [7, 11) is 0. The normalized spacial score (nSPS) is 20.4. The fraction of sp³-hybridized carbons (Fsp3) is 0.821. The van der Waals surface area contributed by atoms with Crippen molar-refractivity contribution in [1.82, 2.24) is 5.32 Å². The summed E-state index contributed by atoms with van der Waals surface area (Å²) < 4.78 is 17.5. The molecule has 6 N–H and O–H groups in total. The zero-order valence-electron chi connectivity index (χ0n) is 42.8. The number of carbonyl (C=O) groups is 2. The minimum atomic E-state index is -1.62. The minimum Gasteiger partial charge on any atom is -0.454 e. The lowest BCUT2D eigenvalue weighted by Crippen LogP contribution is -2.61. The Morgan fingerprint density at radius 3 is 1.61 bits per heavy atom. The number of hydrogen-bond donors (Lipinski definition) is 6. The summed E-state index contributed by atoms with van der Waals surface area (Å²) >= 11 is 0. The minimum absolute atomic E-state index is 0.111. The predicted octanol–water partition coefficient (Wildman–Crippen LogP) is 11.7. The lowest BCUT2D eigenvalue weighted by molar-refractivity contribution is -0.305. The van der Waals surface area contributed by atoms with Gasteiger partial charge in [0.1, 0.15) is 24.4 Å². The Hall–Kier alpha value is -2.38. The molecule has 0 aromatic rings. The van der Waals surface area contributed by atoms with Crippen molar-refractivity contribution in [3.8, 4) is 0 Å². The molecule has 390 valence electrons. The van der Waals surface area contributed by atoms with Crippen LogP contribution in [-0.2, 0) is 23.8 Å². The molecule has 1 saturated heterocycles. The molecule has 67 heavy (non-hydrogen) atoms. The SMILES string of the molecule is CCCC/C=C\CCCCCCCC(=O)OC1C(OCC(NC(=O)C(O)CCCCCCC/C=C/C=C/CCCCC)C(O)/C=C/CCCCCCCCCCCCC)OC(CO)C(O)C1O. The van der Waals surface area contributed by atoms with Crippen LogP contribution in [0.3, 0.4) is 0 Å².